The van der Waals surface area contributed by atoms with Crippen molar-refractivity contribution in [3.63, 3.8) is 0 Å². The van der Waals surface area contributed by atoms with Crippen LogP contribution in [0.1, 0.15) is 12.8 Å². The van der Waals surface area contributed by atoms with Gasteiger partial charge in [0.25, 0.3) is 0 Å². The summed E-state index contributed by atoms with van der Waals surface area (Å²) in [6.45, 7) is 7.17. The Morgan fingerprint density at radius 2 is 1.28 bits per heavy atom. The minimum atomic E-state index is 0.779. The van der Waals surface area contributed by atoms with Crippen molar-refractivity contribution in [3.8, 4) is 0 Å². The molecule has 0 spiro atoms. The molecule has 0 unspecified atom stereocenters. The maximum absolute atomic E-state index is 3.30. The Morgan fingerprint density at radius 1 is 0.778 bits per heavy atom. The molecule has 0 aromatic carbocycles. The van der Waals surface area contributed by atoms with Crippen molar-refractivity contribution >= 4 is 0 Å². The SMILES string of the molecule is CNC1CCN(C)CC1.CNN1CCN(C)CC1. The van der Waals surface area contributed by atoms with Crippen molar-refractivity contribution in [2.45, 2.75) is 18.9 Å². The number of nitrogens with zero attached hydrogens (tertiary/aromatic N) is 3. The Kier molecular flexibility index (Phi) is 7.77. The first-order valence-electron chi connectivity index (χ1n) is 7.12. The first-order chi connectivity index (χ1) is 8.65. The van der Waals surface area contributed by atoms with Crippen molar-refractivity contribution in [2.24, 2.45) is 0 Å². The Bertz CT molecular complexity index is 174. The molecule has 2 aliphatic rings. The number of hydrazine groups is 1. The highest BCUT2D eigenvalue weighted by Crippen LogP contribution is 2.06. The minimum Gasteiger partial charge on any atom is -0.317 e. The third-order valence-corrected chi connectivity index (χ3v) is 3.95. The predicted octanol–water partition coefficient (Wildman–Crippen LogP) is -0.332. The van der Waals surface area contributed by atoms with Crippen molar-refractivity contribution < 1.29 is 0 Å². The lowest BCUT2D eigenvalue weighted by atomic mass is 10.1. The van der Waals surface area contributed by atoms with Gasteiger partial charge in [0.2, 0.25) is 0 Å². The second-order valence-electron chi connectivity index (χ2n) is 5.38. The van der Waals surface area contributed by atoms with E-state index in [1.807, 2.05) is 7.05 Å². The van der Waals surface area contributed by atoms with Gasteiger partial charge in [-0.2, -0.15) is 0 Å². The van der Waals surface area contributed by atoms with E-state index in [0.29, 0.717) is 0 Å². The first-order valence-corrected chi connectivity index (χ1v) is 7.12. The molecule has 2 rings (SSSR count). The molecule has 0 amide bonds. The molecule has 5 heteroatoms. The molecule has 0 atom stereocenters. The van der Waals surface area contributed by atoms with Crippen molar-refractivity contribution in [3.05, 3.63) is 0 Å². The number of likely N-dealkylation sites (tertiary alicyclic amines) is 1. The molecule has 0 radical (unpaired) electrons. The fraction of sp³-hybridized carbons (Fsp3) is 1.00. The zero-order valence-electron chi connectivity index (χ0n) is 12.6. The molecule has 18 heavy (non-hydrogen) atoms. The lowest BCUT2D eigenvalue weighted by Gasteiger charge is -2.31. The molecule has 0 saturated carbocycles. The zero-order chi connectivity index (χ0) is 13.4. The van der Waals surface area contributed by atoms with Gasteiger partial charge in [-0.3, -0.25) is 5.43 Å². The van der Waals surface area contributed by atoms with Crippen LogP contribution in [0.2, 0.25) is 0 Å². The third-order valence-electron chi connectivity index (χ3n) is 3.95. The van der Waals surface area contributed by atoms with E-state index < -0.39 is 0 Å². The van der Waals surface area contributed by atoms with E-state index in [4.69, 9.17) is 0 Å². The number of hydrogen-bond donors (Lipinski definition) is 2. The van der Waals surface area contributed by atoms with Crippen molar-refractivity contribution in [1.82, 2.24) is 25.6 Å². The van der Waals surface area contributed by atoms with Crippen LogP contribution in [0.3, 0.4) is 0 Å². The quantitative estimate of drug-likeness (QED) is 0.708. The summed E-state index contributed by atoms with van der Waals surface area (Å²) >= 11 is 0. The van der Waals surface area contributed by atoms with E-state index in [1.54, 1.807) is 0 Å². The number of nitrogens with one attached hydrogen (secondary N) is 2. The van der Waals surface area contributed by atoms with Crippen LogP contribution in [0.15, 0.2) is 0 Å². The Labute approximate surface area is 112 Å². The number of piperidine rings is 1. The standard InChI is InChI=1S/C7H16N2.C6H15N3/c1-8-7-3-5-9(2)6-4-7;1-7-9-5-3-8(2)4-6-9/h7-8H,3-6H2,1-2H3;7H,3-6H2,1-2H3. The van der Waals surface area contributed by atoms with Crippen LogP contribution < -0.4 is 10.7 Å². The van der Waals surface area contributed by atoms with Gasteiger partial charge in [0.15, 0.2) is 0 Å². The highest BCUT2D eigenvalue weighted by Gasteiger charge is 2.13. The fourth-order valence-corrected chi connectivity index (χ4v) is 2.33. The number of piperazine rings is 1. The minimum absolute atomic E-state index is 0.779. The summed E-state index contributed by atoms with van der Waals surface area (Å²) in [6.07, 6.45) is 2.62. The maximum atomic E-state index is 3.30. The average Bonchev–Trinajstić information content (AvgIpc) is 2.41. The van der Waals surface area contributed by atoms with Crippen LogP contribution in [0.5, 0.6) is 0 Å². The van der Waals surface area contributed by atoms with Crippen molar-refractivity contribution in [2.75, 3.05) is 67.5 Å². The van der Waals surface area contributed by atoms with E-state index in [9.17, 15) is 0 Å². The van der Waals surface area contributed by atoms with E-state index in [2.05, 4.69) is 46.7 Å². The van der Waals surface area contributed by atoms with Gasteiger partial charge in [-0.05, 0) is 54.1 Å². The largest absolute Gasteiger partial charge is 0.317 e. The van der Waals surface area contributed by atoms with Crippen LogP contribution in [0, 0.1) is 0 Å². The lowest BCUT2D eigenvalue weighted by Crippen LogP contribution is -2.49. The van der Waals surface area contributed by atoms with E-state index in [1.165, 1.54) is 39.0 Å². The highest BCUT2D eigenvalue weighted by atomic mass is 15.5. The molecule has 2 aliphatic heterocycles. The Hall–Kier alpha value is -0.200. The van der Waals surface area contributed by atoms with E-state index >= 15 is 0 Å². The van der Waals surface area contributed by atoms with Gasteiger partial charge in [-0.25, -0.2) is 5.01 Å². The van der Waals surface area contributed by atoms with Gasteiger partial charge < -0.3 is 15.1 Å². The van der Waals surface area contributed by atoms with Crippen LogP contribution in [0.25, 0.3) is 0 Å². The van der Waals surface area contributed by atoms with Gasteiger partial charge >= 0.3 is 0 Å². The monoisotopic (exact) mass is 257 g/mol. The molecular formula is C13H31N5. The normalized spacial score (nSPS) is 24.7. The Balaban J connectivity index is 0.000000180. The molecule has 5 nitrogen and oxygen atoms in total. The molecule has 2 fully saturated rings. The average molecular weight is 257 g/mol. The molecular weight excluding hydrogens is 226 g/mol. The number of hydrogen-bond acceptors (Lipinski definition) is 5. The summed E-state index contributed by atoms with van der Waals surface area (Å²) in [5.41, 5.74) is 3.13. The molecule has 108 valence electrons. The van der Waals surface area contributed by atoms with E-state index in [-0.39, 0.29) is 0 Å². The summed E-state index contributed by atoms with van der Waals surface area (Å²) in [6, 6.07) is 0.779. The molecule has 2 saturated heterocycles. The highest BCUT2D eigenvalue weighted by molar-refractivity contribution is 4.73. The first kappa shape index (κ1) is 15.9. The topological polar surface area (TPSA) is 33.8 Å². The second kappa shape index (κ2) is 8.82. The molecule has 0 aromatic heterocycles. The summed E-state index contributed by atoms with van der Waals surface area (Å²) in [7, 11) is 8.38. The summed E-state index contributed by atoms with van der Waals surface area (Å²) in [5.74, 6) is 0. The fourth-order valence-electron chi connectivity index (χ4n) is 2.33. The van der Waals surface area contributed by atoms with Gasteiger partial charge in [0.1, 0.15) is 0 Å². The number of likely N-dealkylation sites (N-methyl/N-ethyl adjacent to an activating group) is 1. The summed E-state index contributed by atoms with van der Waals surface area (Å²) in [4.78, 5) is 4.72. The smallest absolute Gasteiger partial charge is 0.0259 e. The van der Waals surface area contributed by atoms with Crippen molar-refractivity contribution in [1.29, 1.82) is 0 Å². The second-order valence-corrected chi connectivity index (χ2v) is 5.38. The number of rotatable bonds is 2. The zero-order valence-corrected chi connectivity index (χ0v) is 12.6. The van der Waals surface area contributed by atoms with Crippen LogP contribution in [-0.2, 0) is 0 Å². The van der Waals surface area contributed by atoms with Gasteiger partial charge in [-0.1, -0.05) is 0 Å². The predicted molar refractivity (Wildman–Crippen MR) is 77.7 cm³/mol. The van der Waals surface area contributed by atoms with Gasteiger partial charge in [-0.15, -0.1) is 0 Å². The summed E-state index contributed by atoms with van der Waals surface area (Å²) in [5, 5.41) is 5.53. The molecule has 2 N–H and O–H groups in total. The molecule has 0 aromatic rings. The maximum Gasteiger partial charge on any atom is 0.0259 e. The Morgan fingerprint density at radius 3 is 1.72 bits per heavy atom. The van der Waals surface area contributed by atoms with Crippen LogP contribution >= 0.6 is 0 Å². The van der Waals surface area contributed by atoms with Crippen LogP contribution in [0.4, 0.5) is 0 Å². The van der Waals surface area contributed by atoms with Crippen LogP contribution in [-0.4, -0.2) is 88.3 Å². The van der Waals surface area contributed by atoms with E-state index in [0.717, 1.165) is 19.1 Å². The van der Waals surface area contributed by atoms with Gasteiger partial charge in [0.05, 0.1) is 0 Å². The summed E-state index contributed by atoms with van der Waals surface area (Å²) < 4.78 is 0. The molecule has 2 heterocycles. The molecule has 0 bridgehead atoms. The lowest BCUT2D eigenvalue weighted by molar-refractivity contribution is 0.115. The molecule has 0 aliphatic carbocycles. The van der Waals surface area contributed by atoms with Gasteiger partial charge in [0, 0.05) is 32.2 Å². The third kappa shape index (κ3) is 6.11.